The Morgan fingerprint density at radius 1 is 1.25 bits per heavy atom. The summed E-state index contributed by atoms with van der Waals surface area (Å²) in [7, 11) is 0. The fraction of sp³-hybridized carbons (Fsp3) is 0.571. The molecule has 1 unspecified atom stereocenters. The Balaban J connectivity index is 3.33. The maximum atomic E-state index is 9.94. The van der Waals surface area contributed by atoms with Crippen molar-refractivity contribution in [2.75, 3.05) is 6.61 Å². The van der Waals surface area contributed by atoms with Crippen molar-refractivity contribution in [1.29, 1.82) is 0 Å². The molecular formula is C14H22O2. The Hall–Kier alpha value is -1.02. The third-order valence-electron chi connectivity index (χ3n) is 3.00. The van der Waals surface area contributed by atoms with Crippen LogP contribution in [0, 0.1) is 6.92 Å². The van der Waals surface area contributed by atoms with Crippen molar-refractivity contribution >= 4 is 0 Å². The maximum absolute atomic E-state index is 9.94. The minimum atomic E-state index is -0.0816. The molecule has 0 radical (unpaired) electrons. The van der Waals surface area contributed by atoms with Gasteiger partial charge in [0.05, 0.1) is 0 Å². The molecule has 0 aliphatic heterocycles. The largest absolute Gasteiger partial charge is 0.508 e. The van der Waals surface area contributed by atoms with E-state index in [-0.39, 0.29) is 17.9 Å². The highest BCUT2D eigenvalue weighted by Crippen LogP contribution is 2.34. The second-order valence-corrected chi connectivity index (χ2v) is 5.56. The van der Waals surface area contributed by atoms with Gasteiger partial charge >= 0.3 is 0 Å². The van der Waals surface area contributed by atoms with Gasteiger partial charge in [-0.3, -0.25) is 0 Å². The van der Waals surface area contributed by atoms with Crippen molar-refractivity contribution < 1.29 is 10.2 Å². The highest BCUT2D eigenvalue weighted by molar-refractivity contribution is 5.45. The molecule has 2 nitrogen and oxygen atoms in total. The molecule has 0 aliphatic carbocycles. The zero-order chi connectivity index (χ0) is 12.5. The first kappa shape index (κ1) is 13.0. The molecule has 0 aromatic heterocycles. The average Bonchev–Trinajstić information content (AvgIpc) is 2.14. The van der Waals surface area contributed by atoms with Gasteiger partial charge in [-0.2, -0.15) is 0 Å². The molecule has 0 aliphatic rings. The molecule has 1 aromatic rings. The SMILES string of the molecule is Cc1cc(O)c(C(C)(C)C)cc1C(C)CO. The lowest BCUT2D eigenvalue weighted by atomic mass is 9.82. The molecule has 0 fully saturated rings. The summed E-state index contributed by atoms with van der Waals surface area (Å²) >= 11 is 0. The van der Waals surface area contributed by atoms with Crippen molar-refractivity contribution in [3.05, 3.63) is 28.8 Å². The number of hydrogen-bond acceptors (Lipinski definition) is 2. The minimum absolute atomic E-state index is 0.0816. The summed E-state index contributed by atoms with van der Waals surface area (Å²) in [6.07, 6.45) is 0. The molecule has 0 heterocycles. The van der Waals surface area contributed by atoms with Gasteiger partial charge in [-0.15, -0.1) is 0 Å². The van der Waals surface area contributed by atoms with Crippen molar-refractivity contribution in [3.8, 4) is 5.75 Å². The van der Waals surface area contributed by atoms with E-state index in [9.17, 15) is 10.2 Å². The number of hydrogen-bond donors (Lipinski definition) is 2. The lowest BCUT2D eigenvalue weighted by molar-refractivity contribution is 0.272. The molecule has 1 atom stereocenters. The van der Waals surface area contributed by atoms with E-state index >= 15 is 0 Å². The maximum Gasteiger partial charge on any atom is 0.119 e. The minimum Gasteiger partial charge on any atom is -0.508 e. The number of aliphatic hydroxyl groups is 1. The van der Waals surface area contributed by atoms with Crippen LogP contribution in [0.15, 0.2) is 12.1 Å². The van der Waals surface area contributed by atoms with E-state index in [0.717, 1.165) is 16.7 Å². The molecule has 1 aromatic carbocycles. The van der Waals surface area contributed by atoms with Gasteiger partial charge in [-0.25, -0.2) is 0 Å². The molecule has 2 N–H and O–H groups in total. The molecule has 0 saturated carbocycles. The zero-order valence-electron chi connectivity index (χ0n) is 10.8. The van der Waals surface area contributed by atoms with Gasteiger partial charge in [0.2, 0.25) is 0 Å². The van der Waals surface area contributed by atoms with Crippen LogP contribution in [-0.4, -0.2) is 16.8 Å². The Morgan fingerprint density at radius 2 is 1.81 bits per heavy atom. The van der Waals surface area contributed by atoms with Gasteiger partial charge < -0.3 is 10.2 Å². The van der Waals surface area contributed by atoms with Gasteiger partial charge in [-0.05, 0) is 35.1 Å². The zero-order valence-corrected chi connectivity index (χ0v) is 10.8. The van der Waals surface area contributed by atoms with E-state index in [2.05, 4.69) is 20.8 Å². The summed E-state index contributed by atoms with van der Waals surface area (Å²) in [5, 5.41) is 19.2. The van der Waals surface area contributed by atoms with Crippen LogP contribution < -0.4 is 0 Å². The number of aromatic hydroxyl groups is 1. The predicted octanol–water partition coefficient (Wildman–Crippen LogP) is 3.09. The van der Waals surface area contributed by atoms with Gasteiger partial charge in [0.25, 0.3) is 0 Å². The highest BCUT2D eigenvalue weighted by atomic mass is 16.3. The van der Waals surface area contributed by atoms with E-state index in [1.165, 1.54) is 0 Å². The molecule has 0 saturated heterocycles. The molecule has 2 heteroatoms. The molecular weight excluding hydrogens is 200 g/mol. The predicted molar refractivity (Wildman–Crippen MR) is 67.0 cm³/mol. The summed E-state index contributed by atoms with van der Waals surface area (Å²) in [4.78, 5) is 0. The van der Waals surface area contributed by atoms with Gasteiger partial charge in [0.1, 0.15) is 5.75 Å². The Kier molecular flexibility index (Phi) is 3.64. The number of phenols is 1. The smallest absolute Gasteiger partial charge is 0.119 e. The summed E-state index contributed by atoms with van der Waals surface area (Å²) in [5.74, 6) is 0.459. The van der Waals surface area contributed by atoms with Gasteiger partial charge in [-0.1, -0.05) is 33.8 Å². The van der Waals surface area contributed by atoms with E-state index in [1.54, 1.807) is 6.07 Å². The Bertz CT molecular complexity index is 375. The Labute approximate surface area is 97.9 Å². The standard InChI is InChI=1S/C14H22O2/c1-9-6-13(16)12(14(3,4)5)7-11(9)10(2)8-15/h6-7,10,15-16H,8H2,1-5H3. The van der Waals surface area contributed by atoms with E-state index in [1.807, 2.05) is 19.9 Å². The summed E-state index contributed by atoms with van der Waals surface area (Å²) in [6.45, 7) is 10.3. The van der Waals surface area contributed by atoms with Gasteiger partial charge in [0.15, 0.2) is 0 Å². The van der Waals surface area contributed by atoms with Crippen LogP contribution in [0.2, 0.25) is 0 Å². The first-order valence-electron chi connectivity index (χ1n) is 5.72. The lowest BCUT2D eigenvalue weighted by Crippen LogP contribution is -2.13. The van der Waals surface area contributed by atoms with Crippen LogP contribution in [0.25, 0.3) is 0 Å². The van der Waals surface area contributed by atoms with E-state index in [0.29, 0.717) is 5.75 Å². The molecule has 0 spiro atoms. The van der Waals surface area contributed by atoms with Gasteiger partial charge in [0, 0.05) is 12.5 Å². The van der Waals surface area contributed by atoms with Crippen LogP contribution in [-0.2, 0) is 5.41 Å². The van der Waals surface area contributed by atoms with E-state index in [4.69, 9.17) is 0 Å². The molecule has 1 rings (SSSR count). The van der Waals surface area contributed by atoms with Crippen LogP contribution in [0.3, 0.4) is 0 Å². The monoisotopic (exact) mass is 222 g/mol. The third kappa shape index (κ3) is 2.56. The van der Waals surface area contributed by atoms with Crippen LogP contribution in [0.4, 0.5) is 0 Å². The second-order valence-electron chi connectivity index (χ2n) is 5.56. The normalized spacial score (nSPS) is 13.9. The lowest BCUT2D eigenvalue weighted by Gasteiger charge is -2.23. The van der Waals surface area contributed by atoms with E-state index < -0.39 is 0 Å². The van der Waals surface area contributed by atoms with Crippen LogP contribution in [0.5, 0.6) is 5.75 Å². The van der Waals surface area contributed by atoms with Crippen molar-refractivity contribution in [2.45, 2.75) is 46.0 Å². The number of rotatable bonds is 2. The fourth-order valence-corrected chi connectivity index (χ4v) is 1.94. The Morgan fingerprint density at radius 3 is 2.25 bits per heavy atom. The van der Waals surface area contributed by atoms with Crippen molar-refractivity contribution in [2.24, 2.45) is 0 Å². The molecule has 0 bridgehead atoms. The number of benzene rings is 1. The first-order chi connectivity index (χ1) is 7.27. The summed E-state index contributed by atoms with van der Waals surface area (Å²) < 4.78 is 0. The van der Waals surface area contributed by atoms with Crippen LogP contribution in [0.1, 0.15) is 50.3 Å². The molecule has 0 amide bonds. The second kappa shape index (κ2) is 4.46. The summed E-state index contributed by atoms with van der Waals surface area (Å²) in [6, 6.07) is 3.81. The molecule has 16 heavy (non-hydrogen) atoms. The number of aryl methyl sites for hydroxylation is 1. The topological polar surface area (TPSA) is 40.5 Å². The number of phenolic OH excluding ortho intramolecular Hbond substituents is 1. The highest BCUT2D eigenvalue weighted by Gasteiger charge is 2.20. The van der Waals surface area contributed by atoms with Crippen molar-refractivity contribution in [1.82, 2.24) is 0 Å². The van der Waals surface area contributed by atoms with Crippen molar-refractivity contribution in [3.63, 3.8) is 0 Å². The number of aliphatic hydroxyl groups excluding tert-OH is 1. The average molecular weight is 222 g/mol. The summed E-state index contributed by atoms with van der Waals surface area (Å²) in [5.41, 5.74) is 3.01. The fourth-order valence-electron chi connectivity index (χ4n) is 1.94. The quantitative estimate of drug-likeness (QED) is 0.807. The third-order valence-corrected chi connectivity index (χ3v) is 3.00. The molecule has 90 valence electrons. The van der Waals surface area contributed by atoms with Crippen LogP contribution >= 0.6 is 0 Å². The first-order valence-corrected chi connectivity index (χ1v) is 5.72.